The minimum atomic E-state index is -0.614. The number of alkyl halides is 1. The number of nitrogens with two attached hydrogens (primary N) is 1. The third-order valence-corrected chi connectivity index (χ3v) is 4.52. The first-order valence-electron chi connectivity index (χ1n) is 6.88. The summed E-state index contributed by atoms with van der Waals surface area (Å²) in [6.45, 7) is 0.327. The van der Waals surface area contributed by atoms with E-state index >= 15 is 0 Å². The second-order valence-corrected chi connectivity index (χ2v) is 5.77. The molecule has 1 aliphatic rings. The summed E-state index contributed by atoms with van der Waals surface area (Å²) in [6, 6.07) is 15.9. The van der Waals surface area contributed by atoms with Crippen molar-refractivity contribution < 1.29 is 9.53 Å². The molecule has 1 atom stereocenters. The fourth-order valence-electron chi connectivity index (χ4n) is 2.77. The van der Waals surface area contributed by atoms with Crippen molar-refractivity contribution in [3.05, 3.63) is 59.7 Å². The van der Waals surface area contributed by atoms with Crippen LogP contribution in [0.3, 0.4) is 0 Å². The molecular formula is C17H16BrNO2. The molecular weight excluding hydrogens is 330 g/mol. The Morgan fingerprint density at radius 1 is 1.10 bits per heavy atom. The van der Waals surface area contributed by atoms with Crippen molar-refractivity contribution in [3.63, 3.8) is 0 Å². The number of carbonyl (C=O) groups excluding carboxylic acids is 1. The van der Waals surface area contributed by atoms with E-state index in [0.29, 0.717) is 11.9 Å². The van der Waals surface area contributed by atoms with Crippen LogP contribution in [0.4, 0.5) is 0 Å². The Kier molecular flexibility index (Phi) is 4.08. The molecule has 0 radical (unpaired) electrons. The van der Waals surface area contributed by atoms with Gasteiger partial charge in [0.1, 0.15) is 12.6 Å². The van der Waals surface area contributed by atoms with Gasteiger partial charge < -0.3 is 10.5 Å². The Labute approximate surface area is 132 Å². The van der Waals surface area contributed by atoms with E-state index in [2.05, 4.69) is 40.2 Å². The zero-order chi connectivity index (χ0) is 14.8. The predicted octanol–water partition coefficient (Wildman–Crippen LogP) is 3.06. The molecule has 0 aliphatic heterocycles. The third kappa shape index (κ3) is 2.61. The lowest BCUT2D eigenvalue weighted by Gasteiger charge is -2.15. The van der Waals surface area contributed by atoms with Crippen LogP contribution in [0.15, 0.2) is 48.5 Å². The van der Waals surface area contributed by atoms with Crippen LogP contribution >= 0.6 is 15.9 Å². The molecule has 2 aromatic rings. The maximum Gasteiger partial charge on any atom is 0.323 e. The van der Waals surface area contributed by atoms with Crippen LogP contribution in [-0.2, 0) is 9.53 Å². The van der Waals surface area contributed by atoms with E-state index in [1.165, 1.54) is 22.3 Å². The minimum absolute atomic E-state index is 0.0869. The Hall–Kier alpha value is -1.65. The molecule has 21 heavy (non-hydrogen) atoms. The Balaban J connectivity index is 1.87. The quantitative estimate of drug-likeness (QED) is 0.684. The molecule has 0 amide bonds. The van der Waals surface area contributed by atoms with Gasteiger partial charge >= 0.3 is 5.97 Å². The number of fused-ring (bicyclic) bond motifs is 3. The van der Waals surface area contributed by atoms with Crippen LogP contribution in [0.25, 0.3) is 11.1 Å². The van der Waals surface area contributed by atoms with Crippen LogP contribution in [0.1, 0.15) is 17.0 Å². The maximum atomic E-state index is 11.8. The lowest BCUT2D eigenvalue weighted by Crippen LogP contribution is -2.34. The summed E-state index contributed by atoms with van der Waals surface area (Å²) in [6.07, 6.45) is 0. The summed E-state index contributed by atoms with van der Waals surface area (Å²) < 4.78 is 5.40. The first kappa shape index (κ1) is 14.3. The standard InChI is InChI=1S/C17H16BrNO2/c18-9-16(19)17(20)21-10-15-13-7-3-1-5-11(13)12-6-2-4-8-14(12)15/h1-8,15-16H,9-10,19H2. The number of hydrogen-bond acceptors (Lipinski definition) is 3. The molecule has 108 valence electrons. The van der Waals surface area contributed by atoms with E-state index in [1.54, 1.807) is 0 Å². The van der Waals surface area contributed by atoms with Crippen LogP contribution < -0.4 is 5.73 Å². The van der Waals surface area contributed by atoms with Crippen LogP contribution in [-0.4, -0.2) is 23.9 Å². The van der Waals surface area contributed by atoms with Crippen LogP contribution in [0.2, 0.25) is 0 Å². The van der Waals surface area contributed by atoms with Crippen molar-refractivity contribution in [1.29, 1.82) is 0 Å². The molecule has 2 N–H and O–H groups in total. The number of rotatable bonds is 4. The average molecular weight is 346 g/mol. The number of esters is 1. The largest absolute Gasteiger partial charge is 0.463 e. The maximum absolute atomic E-state index is 11.8. The average Bonchev–Trinajstić information content (AvgIpc) is 2.86. The van der Waals surface area contributed by atoms with Crippen LogP contribution in [0.5, 0.6) is 0 Å². The Bertz CT molecular complexity index is 626. The molecule has 0 spiro atoms. The van der Waals surface area contributed by atoms with Gasteiger partial charge in [0.15, 0.2) is 0 Å². The number of ether oxygens (including phenoxy) is 1. The van der Waals surface area contributed by atoms with Gasteiger partial charge in [0, 0.05) is 11.2 Å². The Morgan fingerprint density at radius 3 is 2.14 bits per heavy atom. The van der Waals surface area contributed by atoms with Gasteiger partial charge in [-0.2, -0.15) is 0 Å². The summed E-state index contributed by atoms with van der Waals surface area (Å²) in [5, 5.41) is 0.406. The summed E-state index contributed by atoms with van der Waals surface area (Å²) in [4.78, 5) is 11.8. The van der Waals surface area contributed by atoms with E-state index in [0.717, 1.165) is 0 Å². The molecule has 0 bridgehead atoms. The molecule has 0 fully saturated rings. The molecule has 0 saturated heterocycles. The fraction of sp³-hybridized carbons (Fsp3) is 0.235. The predicted molar refractivity (Wildman–Crippen MR) is 86.4 cm³/mol. The van der Waals surface area contributed by atoms with Gasteiger partial charge in [0.25, 0.3) is 0 Å². The highest BCUT2D eigenvalue weighted by Crippen LogP contribution is 2.44. The van der Waals surface area contributed by atoms with Crippen molar-refractivity contribution in [1.82, 2.24) is 0 Å². The van der Waals surface area contributed by atoms with Crippen molar-refractivity contribution in [3.8, 4) is 11.1 Å². The lowest BCUT2D eigenvalue weighted by atomic mass is 9.98. The van der Waals surface area contributed by atoms with E-state index in [-0.39, 0.29) is 11.9 Å². The summed E-state index contributed by atoms with van der Waals surface area (Å²) in [5.74, 6) is -0.280. The minimum Gasteiger partial charge on any atom is -0.463 e. The van der Waals surface area contributed by atoms with Crippen molar-refractivity contribution in [2.24, 2.45) is 5.73 Å². The molecule has 2 aromatic carbocycles. The number of carbonyl (C=O) groups is 1. The topological polar surface area (TPSA) is 52.3 Å². The summed E-state index contributed by atoms with van der Waals surface area (Å²) >= 11 is 3.19. The molecule has 3 rings (SSSR count). The molecule has 0 saturated carbocycles. The van der Waals surface area contributed by atoms with E-state index < -0.39 is 6.04 Å². The zero-order valence-electron chi connectivity index (χ0n) is 11.5. The van der Waals surface area contributed by atoms with Gasteiger partial charge in [-0.25, -0.2) is 0 Å². The molecule has 3 nitrogen and oxygen atoms in total. The normalized spacial score (nSPS) is 14.4. The fourth-order valence-corrected chi connectivity index (χ4v) is 3.04. The zero-order valence-corrected chi connectivity index (χ0v) is 13.0. The summed E-state index contributed by atoms with van der Waals surface area (Å²) in [5.41, 5.74) is 10.5. The second-order valence-electron chi connectivity index (χ2n) is 5.12. The lowest BCUT2D eigenvalue weighted by molar-refractivity contribution is -0.144. The number of hydrogen-bond donors (Lipinski definition) is 1. The third-order valence-electron chi connectivity index (χ3n) is 3.82. The van der Waals surface area contributed by atoms with E-state index in [1.807, 2.05) is 24.3 Å². The van der Waals surface area contributed by atoms with E-state index in [9.17, 15) is 4.79 Å². The molecule has 0 aromatic heterocycles. The van der Waals surface area contributed by atoms with Gasteiger partial charge in [-0.15, -0.1) is 0 Å². The molecule has 4 heteroatoms. The number of benzene rings is 2. The molecule has 0 heterocycles. The SMILES string of the molecule is NC(CBr)C(=O)OCC1c2ccccc2-c2ccccc21. The highest BCUT2D eigenvalue weighted by molar-refractivity contribution is 9.09. The smallest absolute Gasteiger partial charge is 0.323 e. The highest BCUT2D eigenvalue weighted by Gasteiger charge is 2.29. The van der Waals surface area contributed by atoms with Crippen molar-refractivity contribution >= 4 is 21.9 Å². The molecule has 1 aliphatic carbocycles. The van der Waals surface area contributed by atoms with Gasteiger partial charge in [-0.3, -0.25) is 4.79 Å². The van der Waals surface area contributed by atoms with Gasteiger partial charge in [-0.05, 0) is 22.3 Å². The van der Waals surface area contributed by atoms with Gasteiger partial charge in [0.05, 0.1) is 0 Å². The highest BCUT2D eigenvalue weighted by atomic mass is 79.9. The second kappa shape index (κ2) is 6.00. The number of halogens is 1. The first-order valence-corrected chi connectivity index (χ1v) is 8.01. The van der Waals surface area contributed by atoms with Crippen molar-refractivity contribution in [2.45, 2.75) is 12.0 Å². The first-order chi connectivity index (χ1) is 10.2. The van der Waals surface area contributed by atoms with Crippen LogP contribution in [0, 0.1) is 0 Å². The molecule has 1 unspecified atom stereocenters. The van der Waals surface area contributed by atoms with E-state index in [4.69, 9.17) is 10.5 Å². The summed E-state index contributed by atoms with van der Waals surface area (Å²) in [7, 11) is 0. The monoisotopic (exact) mass is 345 g/mol. The van der Waals surface area contributed by atoms with Gasteiger partial charge in [0.2, 0.25) is 0 Å². The van der Waals surface area contributed by atoms with Gasteiger partial charge in [-0.1, -0.05) is 64.5 Å². The van der Waals surface area contributed by atoms with Crippen molar-refractivity contribution in [2.75, 3.05) is 11.9 Å². The Morgan fingerprint density at radius 2 is 1.62 bits per heavy atom.